The number of benzene rings is 3. The van der Waals surface area contributed by atoms with Gasteiger partial charge < -0.3 is 10.4 Å². The van der Waals surface area contributed by atoms with E-state index in [0.717, 1.165) is 22.9 Å². The van der Waals surface area contributed by atoms with Gasteiger partial charge in [-0.2, -0.15) is 0 Å². The summed E-state index contributed by atoms with van der Waals surface area (Å²) in [6.07, 6.45) is 0.924. The second-order valence-electron chi connectivity index (χ2n) is 5.80. The summed E-state index contributed by atoms with van der Waals surface area (Å²) in [6, 6.07) is 18.6. The first-order chi connectivity index (χ1) is 12.6. The van der Waals surface area contributed by atoms with Gasteiger partial charge in [-0.15, -0.1) is 0 Å². The zero-order valence-electron chi connectivity index (χ0n) is 14.2. The second kappa shape index (κ2) is 7.84. The molecule has 0 fully saturated rings. The molecule has 0 unspecified atom stereocenters. The molecule has 5 nitrogen and oxygen atoms in total. The minimum Gasteiger partial charge on any atom is -0.507 e. The molecule has 0 radical (unpaired) electrons. The molecule has 0 saturated carbocycles. The van der Waals surface area contributed by atoms with Crippen LogP contribution in [0.4, 0.5) is 5.69 Å². The highest BCUT2D eigenvalue weighted by Gasteiger charge is 2.12. The highest BCUT2D eigenvalue weighted by molar-refractivity contribution is 7.80. The minimum absolute atomic E-state index is 0.0856. The Morgan fingerprint density at radius 3 is 2.46 bits per heavy atom. The Morgan fingerprint density at radius 2 is 1.73 bits per heavy atom. The number of aryl methyl sites for hydroxylation is 1. The van der Waals surface area contributed by atoms with Crippen LogP contribution in [0.2, 0.25) is 0 Å². The van der Waals surface area contributed by atoms with E-state index < -0.39 is 5.91 Å². The number of aromatic hydroxyl groups is 1. The fraction of sp³-hybridized carbons (Fsp3) is 0.100. The largest absolute Gasteiger partial charge is 0.507 e. The predicted molar refractivity (Wildman–Crippen MR) is 108 cm³/mol. The van der Waals surface area contributed by atoms with Crippen molar-refractivity contribution in [3.63, 3.8) is 0 Å². The van der Waals surface area contributed by atoms with Gasteiger partial charge in [-0.05, 0) is 59.2 Å². The summed E-state index contributed by atoms with van der Waals surface area (Å²) < 4.78 is 0. The zero-order valence-corrected chi connectivity index (χ0v) is 15.1. The number of phenolic OH excluding ortho intramolecular Hbond substituents is 1. The smallest absolute Gasteiger partial charge is 0.273 e. The lowest BCUT2D eigenvalue weighted by atomic mass is 10.1. The van der Waals surface area contributed by atoms with Crippen LogP contribution in [0.1, 0.15) is 22.8 Å². The zero-order chi connectivity index (χ0) is 18.5. The van der Waals surface area contributed by atoms with Crippen LogP contribution >= 0.6 is 12.2 Å². The topological polar surface area (TPSA) is 73.4 Å². The van der Waals surface area contributed by atoms with Gasteiger partial charge in [0.05, 0.1) is 5.56 Å². The standard InChI is InChI=1S/C20H19N3O2S/c1-2-13-6-5-9-16(10-13)21-20(26)23-22-19(25)17-11-14-7-3-4-8-15(14)12-18(17)24/h3-12,24H,2H2,1H3,(H,22,25)(H2,21,23,26). The molecule has 0 aromatic heterocycles. The van der Waals surface area contributed by atoms with E-state index in [1.165, 1.54) is 5.56 Å². The molecule has 3 aromatic rings. The number of hydrogen-bond acceptors (Lipinski definition) is 3. The van der Waals surface area contributed by atoms with Crippen molar-refractivity contribution < 1.29 is 9.90 Å². The van der Waals surface area contributed by atoms with Crippen LogP contribution in [0, 0.1) is 0 Å². The van der Waals surface area contributed by atoms with Crippen LogP contribution in [-0.4, -0.2) is 16.1 Å². The molecule has 1 amide bonds. The van der Waals surface area contributed by atoms with Gasteiger partial charge in [-0.1, -0.05) is 43.3 Å². The lowest BCUT2D eigenvalue weighted by molar-refractivity contribution is 0.0941. The van der Waals surface area contributed by atoms with Crippen LogP contribution in [0.5, 0.6) is 5.75 Å². The number of thiocarbonyl (C=S) groups is 1. The van der Waals surface area contributed by atoms with Gasteiger partial charge in [-0.3, -0.25) is 15.6 Å². The van der Waals surface area contributed by atoms with Gasteiger partial charge >= 0.3 is 0 Å². The van der Waals surface area contributed by atoms with Crippen LogP contribution in [-0.2, 0) is 6.42 Å². The number of fused-ring (bicyclic) bond motifs is 1. The molecular weight excluding hydrogens is 346 g/mol. The highest BCUT2D eigenvalue weighted by atomic mass is 32.1. The van der Waals surface area contributed by atoms with Crippen molar-refractivity contribution in [1.29, 1.82) is 0 Å². The Labute approximate surface area is 157 Å². The number of hydrogen-bond donors (Lipinski definition) is 4. The summed E-state index contributed by atoms with van der Waals surface area (Å²) in [5.41, 5.74) is 7.35. The van der Waals surface area contributed by atoms with Crippen molar-refractivity contribution in [2.24, 2.45) is 0 Å². The molecule has 0 saturated heterocycles. The summed E-state index contributed by atoms with van der Waals surface area (Å²) in [6.45, 7) is 2.08. The van der Waals surface area contributed by atoms with Crippen molar-refractivity contribution in [3.05, 3.63) is 71.8 Å². The number of amides is 1. The van der Waals surface area contributed by atoms with E-state index >= 15 is 0 Å². The fourth-order valence-electron chi connectivity index (χ4n) is 2.62. The third-order valence-electron chi connectivity index (χ3n) is 3.99. The van der Waals surface area contributed by atoms with Crippen molar-refractivity contribution in [1.82, 2.24) is 10.9 Å². The third kappa shape index (κ3) is 4.10. The molecule has 6 heteroatoms. The van der Waals surface area contributed by atoms with E-state index in [2.05, 4.69) is 23.1 Å². The number of phenols is 1. The first-order valence-corrected chi connectivity index (χ1v) is 8.65. The molecule has 3 rings (SSSR count). The first kappa shape index (κ1) is 17.7. The van der Waals surface area contributed by atoms with E-state index in [4.69, 9.17) is 12.2 Å². The van der Waals surface area contributed by atoms with Crippen molar-refractivity contribution in [2.45, 2.75) is 13.3 Å². The number of carbonyl (C=O) groups is 1. The lowest BCUT2D eigenvalue weighted by Gasteiger charge is -2.13. The average molecular weight is 365 g/mol. The maximum atomic E-state index is 12.3. The molecule has 0 aliphatic heterocycles. The Hall–Kier alpha value is -3.12. The van der Waals surface area contributed by atoms with Crippen LogP contribution in [0.15, 0.2) is 60.7 Å². The van der Waals surface area contributed by atoms with Gasteiger partial charge in [0.15, 0.2) is 5.11 Å². The number of carbonyl (C=O) groups excluding carboxylic acids is 1. The normalized spacial score (nSPS) is 10.3. The molecule has 0 spiro atoms. The monoisotopic (exact) mass is 365 g/mol. The van der Waals surface area contributed by atoms with Crippen molar-refractivity contribution in [3.8, 4) is 5.75 Å². The van der Waals surface area contributed by atoms with E-state index in [0.29, 0.717) is 0 Å². The molecule has 0 aliphatic rings. The lowest BCUT2D eigenvalue weighted by Crippen LogP contribution is -2.43. The van der Waals surface area contributed by atoms with Crippen molar-refractivity contribution in [2.75, 3.05) is 5.32 Å². The molecule has 3 aromatic carbocycles. The first-order valence-electron chi connectivity index (χ1n) is 8.25. The predicted octanol–water partition coefficient (Wildman–Crippen LogP) is 3.74. The fourth-order valence-corrected chi connectivity index (χ4v) is 2.79. The summed E-state index contributed by atoms with van der Waals surface area (Å²) in [4.78, 5) is 12.3. The maximum absolute atomic E-state index is 12.3. The van der Waals surface area contributed by atoms with Crippen molar-refractivity contribution >= 4 is 39.7 Å². The van der Waals surface area contributed by atoms with Gasteiger partial charge in [0.1, 0.15) is 5.75 Å². The van der Waals surface area contributed by atoms with Crippen LogP contribution < -0.4 is 16.2 Å². The Balaban J connectivity index is 1.64. The van der Waals surface area contributed by atoms with E-state index in [1.54, 1.807) is 12.1 Å². The quantitative estimate of drug-likeness (QED) is 0.420. The van der Waals surface area contributed by atoms with Gasteiger partial charge in [0.25, 0.3) is 5.91 Å². The molecule has 0 atom stereocenters. The Bertz CT molecular complexity index is 972. The molecule has 4 N–H and O–H groups in total. The summed E-state index contributed by atoms with van der Waals surface area (Å²) in [5, 5.41) is 15.1. The maximum Gasteiger partial charge on any atom is 0.273 e. The molecule has 0 heterocycles. The third-order valence-corrected chi connectivity index (χ3v) is 4.20. The summed E-state index contributed by atoms with van der Waals surface area (Å²) >= 11 is 5.19. The molecule has 0 aliphatic carbocycles. The Morgan fingerprint density at radius 1 is 1.00 bits per heavy atom. The number of nitrogens with one attached hydrogen (secondary N) is 3. The average Bonchev–Trinajstić information content (AvgIpc) is 2.65. The Kier molecular flexibility index (Phi) is 5.34. The number of hydrazine groups is 1. The van der Waals surface area contributed by atoms with Crippen LogP contribution in [0.3, 0.4) is 0 Å². The minimum atomic E-state index is -0.472. The second-order valence-corrected chi connectivity index (χ2v) is 6.21. The van der Waals surface area contributed by atoms with Gasteiger partial charge in [-0.25, -0.2) is 0 Å². The van der Waals surface area contributed by atoms with Gasteiger partial charge in [0, 0.05) is 5.69 Å². The van der Waals surface area contributed by atoms with E-state index in [1.807, 2.05) is 48.5 Å². The van der Waals surface area contributed by atoms with E-state index in [-0.39, 0.29) is 16.4 Å². The van der Waals surface area contributed by atoms with E-state index in [9.17, 15) is 9.90 Å². The summed E-state index contributed by atoms with van der Waals surface area (Å²) in [7, 11) is 0. The number of rotatable bonds is 3. The molecule has 0 bridgehead atoms. The molecule has 132 valence electrons. The molecule has 26 heavy (non-hydrogen) atoms. The molecular formula is C20H19N3O2S. The summed E-state index contributed by atoms with van der Waals surface area (Å²) in [5.74, 6) is -0.558. The highest BCUT2D eigenvalue weighted by Crippen LogP contribution is 2.24. The van der Waals surface area contributed by atoms with Crippen LogP contribution in [0.25, 0.3) is 10.8 Å². The number of anilines is 1. The van der Waals surface area contributed by atoms with Gasteiger partial charge in [0.2, 0.25) is 0 Å². The SMILES string of the molecule is CCc1cccc(NC(=S)NNC(=O)c2cc3ccccc3cc2O)c1.